The second-order valence-electron chi connectivity index (χ2n) is 5.63. The Hall–Kier alpha value is -1.70. The lowest BCUT2D eigenvalue weighted by Gasteiger charge is -2.12. The first-order valence-electron chi connectivity index (χ1n) is 7.64. The molecule has 2 N–H and O–H groups in total. The molecule has 0 aromatic heterocycles. The van der Waals surface area contributed by atoms with Crippen LogP contribution in [0.15, 0.2) is 53.5 Å². The summed E-state index contributed by atoms with van der Waals surface area (Å²) in [4.78, 5) is 4.14. The highest BCUT2D eigenvalue weighted by Gasteiger charge is 2.40. The second kappa shape index (κ2) is 8.41. The van der Waals surface area contributed by atoms with Crippen LogP contribution in [-0.2, 0) is 6.54 Å². The molecule has 0 heterocycles. The highest BCUT2D eigenvalue weighted by molar-refractivity contribution is 14.0. The molecule has 0 saturated heterocycles. The van der Waals surface area contributed by atoms with E-state index in [0.29, 0.717) is 18.1 Å². The summed E-state index contributed by atoms with van der Waals surface area (Å²) in [7, 11) is 1.66. The standard InChI is InChI=1S/C18H19F2N3.HI/c1-21-18(22-11-12-6-2-4-8-15(12)19)23-17-10-14(17)13-7-3-5-9-16(13)20;/h2-9,14,17H,10-11H2,1H3,(H2,21,22,23);1H. The van der Waals surface area contributed by atoms with Gasteiger partial charge in [0.1, 0.15) is 11.6 Å². The van der Waals surface area contributed by atoms with E-state index in [1.807, 2.05) is 12.1 Å². The molecule has 0 amide bonds. The monoisotopic (exact) mass is 443 g/mol. The van der Waals surface area contributed by atoms with Gasteiger partial charge in [-0.3, -0.25) is 4.99 Å². The molecule has 0 aliphatic heterocycles. The van der Waals surface area contributed by atoms with Crippen molar-refractivity contribution in [1.29, 1.82) is 0 Å². The topological polar surface area (TPSA) is 36.4 Å². The molecule has 6 heteroatoms. The predicted octanol–water partition coefficient (Wildman–Crippen LogP) is 3.80. The Balaban J connectivity index is 0.00000208. The van der Waals surface area contributed by atoms with E-state index < -0.39 is 0 Å². The molecule has 3 rings (SSSR count). The van der Waals surface area contributed by atoms with E-state index in [2.05, 4.69) is 15.6 Å². The number of halogens is 3. The van der Waals surface area contributed by atoms with Gasteiger partial charge in [-0.15, -0.1) is 24.0 Å². The highest BCUT2D eigenvalue weighted by Crippen LogP contribution is 2.41. The van der Waals surface area contributed by atoms with E-state index >= 15 is 0 Å². The molecule has 128 valence electrons. The van der Waals surface area contributed by atoms with Gasteiger partial charge in [0.15, 0.2) is 5.96 Å². The summed E-state index contributed by atoms with van der Waals surface area (Å²) in [5.41, 5.74) is 1.31. The molecule has 2 aromatic rings. The van der Waals surface area contributed by atoms with Crippen LogP contribution < -0.4 is 10.6 Å². The van der Waals surface area contributed by atoms with Gasteiger partial charge in [-0.1, -0.05) is 36.4 Å². The number of aliphatic imine (C=N–C) groups is 1. The van der Waals surface area contributed by atoms with Crippen molar-refractivity contribution in [3.05, 3.63) is 71.3 Å². The van der Waals surface area contributed by atoms with Crippen molar-refractivity contribution < 1.29 is 8.78 Å². The molecule has 2 aromatic carbocycles. The van der Waals surface area contributed by atoms with Gasteiger partial charge in [0, 0.05) is 31.1 Å². The summed E-state index contributed by atoms with van der Waals surface area (Å²) in [5.74, 6) is 0.336. The molecule has 3 nitrogen and oxygen atoms in total. The van der Waals surface area contributed by atoms with Crippen LogP contribution in [0.1, 0.15) is 23.5 Å². The number of nitrogens with zero attached hydrogens (tertiary/aromatic N) is 1. The summed E-state index contributed by atoms with van der Waals surface area (Å²) in [6, 6.07) is 13.6. The summed E-state index contributed by atoms with van der Waals surface area (Å²) in [5, 5.41) is 6.35. The minimum atomic E-state index is -0.244. The summed E-state index contributed by atoms with van der Waals surface area (Å²) >= 11 is 0. The fourth-order valence-electron chi connectivity index (χ4n) is 2.66. The lowest BCUT2D eigenvalue weighted by atomic mass is 10.1. The zero-order valence-corrected chi connectivity index (χ0v) is 15.6. The Morgan fingerprint density at radius 3 is 2.42 bits per heavy atom. The fraction of sp³-hybridized carbons (Fsp3) is 0.278. The average molecular weight is 443 g/mol. The van der Waals surface area contributed by atoms with Crippen LogP contribution in [0, 0.1) is 11.6 Å². The predicted molar refractivity (Wildman–Crippen MR) is 103 cm³/mol. The first-order chi connectivity index (χ1) is 11.2. The number of hydrogen-bond donors (Lipinski definition) is 2. The third-order valence-electron chi connectivity index (χ3n) is 4.04. The molecule has 24 heavy (non-hydrogen) atoms. The highest BCUT2D eigenvalue weighted by atomic mass is 127. The number of benzene rings is 2. The van der Waals surface area contributed by atoms with Crippen LogP contribution in [0.5, 0.6) is 0 Å². The summed E-state index contributed by atoms with van der Waals surface area (Å²) in [6.07, 6.45) is 0.862. The first-order valence-corrected chi connectivity index (χ1v) is 7.64. The maximum absolute atomic E-state index is 13.8. The molecule has 0 spiro atoms. The van der Waals surface area contributed by atoms with Crippen LogP contribution in [0.3, 0.4) is 0 Å². The van der Waals surface area contributed by atoms with Gasteiger partial charge < -0.3 is 10.6 Å². The van der Waals surface area contributed by atoms with Gasteiger partial charge in [0.05, 0.1) is 0 Å². The zero-order valence-electron chi connectivity index (χ0n) is 13.3. The molecule has 1 fully saturated rings. The van der Waals surface area contributed by atoms with E-state index in [1.54, 1.807) is 31.3 Å². The Morgan fingerprint density at radius 2 is 1.75 bits per heavy atom. The fourth-order valence-corrected chi connectivity index (χ4v) is 2.66. The van der Waals surface area contributed by atoms with E-state index in [9.17, 15) is 8.78 Å². The smallest absolute Gasteiger partial charge is 0.191 e. The van der Waals surface area contributed by atoms with Gasteiger partial charge in [-0.05, 0) is 24.1 Å². The van der Waals surface area contributed by atoms with Gasteiger partial charge in [0.25, 0.3) is 0 Å². The summed E-state index contributed by atoms with van der Waals surface area (Å²) < 4.78 is 27.4. The van der Waals surface area contributed by atoms with Gasteiger partial charge in [0.2, 0.25) is 0 Å². The number of hydrogen-bond acceptors (Lipinski definition) is 1. The van der Waals surface area contributed by atoms with Gasteiger partial charge in [-0.25, -0.2) is 8.78 Å². The van der Waals surface area contributed by atoms with Gasteiger partial charge in [-0.2, -0.15) is 0 Å². The van der Waals surface area contributed by atoms with Crippen molar-refractivity contribution in [3.8, 4) is 0 Å². The normalized spacial score (nSPS) is 19.4. The Labute approximate surface area is 157 Å². The van der Waals surface area contributed by atoms with E-state index in [0.717, 1.165) is 12.0 Å². The molecular formula is C18H20F2IN3. The summed E-state index contributed by atoms with van der Waals surface area (Å²) in [6.45, 7) is 0.351. The lowest BCUT2D eigenvalue weighted by molar-refractivity contribution is 0.603. The first kappa shape index (κ1) is 18.6. The zero-order chi connectivity index (χ0) is 16.2. The van der Waals surface area contributed by atoms with Crippen molar-refractivity contribution in [1.82, 2.24) is 10.6 Å². The van der Waals surface area contributed by atoms with Crippen molar-refractivity contribution in [3.63, 3.8) is 0 Å². The third-order valence-corrected chi connectivity index (χ3v) is 4.04. The average Bonchev–Trinajstić information content (AvgIpc) is 3.32. The van der Waals surface area contributed by atoms with Crippen molar-refractivity contribution in [2.75, 3.05) is 7.05 Å². The second-order valence-corrected chi connectivity index (χ2v) is 5.63. The number of rotatable bonds is 4. The molecule has 1 saturated carbocycles. The van der Waals surface area contributed by atoms with Crippen molar-refractivity contribution in [2.24, 2.45) is 4.99 Å². The minimum Gasteiger partial charge on any atom is -0.353 e. The van der Waals surface area contributed by atoms with E-state index in [-0.39, 0.29) is 47.6 Å². The molecule has 1 aliphatic carbocycles. The largest absolute Gasteiger partial charge is 0.353 e. The Kier molecular flexibility index (Phi) is 6.53. The lowest BCUT2D eigenvalue weighted by Crippen LogP contribution is -2.38. The molecule has 0 bridgehead atoms. The third kappa shape index (κ3) is 4.43. The van der Waals surface area contributed by atoms with E-state index in [1.165, 1.54) is 12.1 Å². The Morgan fingerprint density at radius 1 is 1.08 bits per heavy atom. The molecule has 1 aliphatic rings. The number of guanidine groups is 1. The SMILES string of the molecule is CN=C(NCc1ccccc1F)NC1CC1c1ccccc1F.I. The van der Waals surface area contributed by atoms with Crippen LogP contribution >= 0.6 is 24.0 Å². The maximum atomic E-state index is 13.8. The van der Waals surface area contributed by atoms with Crippen LogP contribution in [0.2, 0.25) is 0 Å². The van der Waals surface area contributed by atoms with Crippen LogP contribution in [0.4, 0.5) is 8.78 Å². The molecule has 2 unspecified atom stereocenters. The maximum Gasteiger partial charge on any atom is 0.191 e. The number of nitrogens with one attached hydrogen (secondary N) is 2. The molecule has 0 radical (unpaired) electrons. The Bertz CT molecular complexity index is 721. The van der Waals surface area contributed by atoms with Crippen molar-refractivity contribution >= 4 is 29.9 Å². The quantitative estimate of drug-likeness (QED) is 0.429. The van der Waals surface area contributed by atoms with Crippen molar-refractivity contribution in [2.45, 2.75) is 24.9 Å². The van der Waals surface area contributed by atoms with Crippen LogP contribution in [-0.4, -0.2) is 19.0 Å². The van der Waals surface area contributed by atoms with E-state index in [4.69, 9.17) is 0 Å². The molecular weight excluding hydrogens is 423 g/mol. The minimum absolute atomic E-state index is 0. The van der Waals surface area contributed by atoms with Crippen LogP contribution in [0.25, 0.3) is 0 Å². The molecule has 2 atom stereocenters. The van der Waals surface area contributed by atoms with Gasteiger partial charge >= 0.3 is 0 Å².